The number of sulfonamides is 1. The molecule has 0 radical (unpaired) electrons. The maximum Gasteiger partial charge on any atom is 0.243 e. The zero-order valence-electron chi connectivity index (χ0n) is 16.1. The van der Waals surface area contributed by atoms with Gasteiger partial charge in [-0.3, -0.25) is 0 Å². The quantitative estimate of drug-likeness (QED) is 0.772. The Morgan fingerprint density at radius 2 is 1.67 bits per heavy atom. The lowest BCUT2D eigenvalue weighted by molar-refractivity contribution is 0.384. The van der Waals surface area contributed by atoms with E-state index in [1.54, 1.807) is 17.5 Å². The van der Waals surface area contributed by atoms with Crippen molar-refractivity contribution in [2.45, 2.75) is 25.7 Å². The van der Waals surface area contributed by atoms with Gasteiger partial charge >= 0.3 is 0 Å². The van der Waals surface area contributed by atoms with Gasteiger partial charge in [0.25, 0.3) is 0 Å². The molecule has 7 heteroatoms. The van der Waals surface area contributed by atoms with Crippen molar-refractivity contribution in [3.8, 4) is 5.75 Å². The number of ether oxygens (including phenoxy) is 1. The number of anilines is 1. The van der Waals surface area contributed by atoms with Crippen LogP contribution in [0.4, 0.5) is 5.69 Å². The minimum atomic E-state index is -3.55. The van der Waals surface area contributed by atoms with E-state index in [1.807, 2.05) is 45.0 Å². The fraction of sp³-hybridized carbons (Fsp3) is 0.400. The van der Waals surface area contributed by atoms with E-state index in [0.29, 0.717) is 36.1 Å². The van der Waals surface area contributed by atoms with Crippen LogP contribution in [0.3, 0.4) is 0 Å². The van der Waals surface area contributed by atoms with E-state index < -0.39 is 10.0 Å². The fourth-order valence-corrected chi connectivity index (χ4v) is 5.57. The predicted octanol–water partition coefficient (Wildman–Crippen LogP) is 3.78. The van der Waals surface area contributed by atoms with Crippen molar-refractivity contribution in [3.63, 3.8) is 0 Å². The highest BCUT2D eigenvalue weighted by Gasteiger charge is 2.31. The first-order chi connectivity index (χ1) is 12.8. The maximum atomic E-state index is 13.3. The van der Waals surface area contributed by atoms with Gasteiger partial charge in [0.2, 0.25) is 10.0 Å². The van der Waals surface area contributed by atoms with E-state index in [-0.39, 0.29) is 0 Å². The summed E-state index contributed by atoms with van der Waals surface area (Å²) in [4.78, 5) is 2.53. The first-order valence-electron chi connectivity index (χ1n) is 8.91. The van der Waals surface area contributed by atoms with Gasteiger partial charge in [-0.05, 0) is 61.7 Å². The van der Waals surface area contributed by atoms with Crippen LogP contribution < -0.4 is 9.64 Å². The number of benzene rings is 2. The number of hydrogen-bond acceptors (Lipinski definition) is 4. The van der Waals surface area contributed by atoms with Crippen molar-refractivity contribution >= 4 is 27.3 Å². The normalized spacial score (nSPS) is 15.8. The molecule has 0 unspecified atom stereocenters. The molecule has 0 saturated carbocycles. The molecular weight excluding hydrogens is 384 g/mol. The Morgan fingerprint density at radius 1 is 1.00 bits per heavy atom. The van der Waals surface area contributed by atoms with Gasteiger partial charge < -0.3 is 9.64 Å². The number of methoxy groups -OCH3 is 1. The zero-order valence-corrected chi connectivity index (χ0v) is 17.7. The van der Waals surface area contributed by atoms with Crippen LogP contribution in [-0.2, 0) is 10.0 Å². The molecule has 5 nitrogen and oxygen atoms in total. The Bertz CT molecular complexity index is 952. The summed E-state index contributed by atoms with van der Waals surface area (Å²) >= 11 is 6.07. The van der Waals surface area contributed by atoms with Gasteiger partial charge in [-0.15, -0.1) is 0 Å². The highest BCUT2D eigenvalue weighted by atomic mass is 35.5. The second-order valence-electron chi connectivity index (χ2n) is 6.85. The topological polar surface area (TPSA) is 49.9 Å². The highest BCUT2D eigenvalue weighted by molar-refractivity contribution is 7.89. The minimum Gasteiger partial charge on any atom is -0.496 e. The molecule has 0 aliphatic carbocycles. The van der Waals surface area contributed by atoms with E-state index in [2.05, 4.69) is 4.90 Å². The third-order valence-electron chi connectivity index (χ3n) is 5.21. The number of nitrogens with zero attached hydrogens (tertiary/aromatic N) is 2. The Hall–Kier alpha value is -1.76. The van der Waals surface area contributed by atoms with E-state index in [1.165, 1.54) is 0 Å². The highest BCUT2D eigenvalue weighted by Crippen LogP contribution is 2.33. The lowest BCUT2D eigenvalue weighted by Gasteiger charge is -2.35. The first-order valence-corrected chi connectivity index (χ1v) is 10.7. The van der Waals surface area contributed by atoms with Gasteiger partial charge in [0.1, 0.15) is 5.75 Å². The second kappa shape index (κ2) is 7.70. The Morgan fingerprint density at radius 3 is 2.26 bits per heavy atom. The summed E-state index contributed by atoms with van der Waals surface area (Å²) in [6.07, 6.45) is 0. The van der Waals surface area contributed by atoms with Crippen LogP contribution in [0.1, 0.15) is 16.7 Å². The summed E-state index contributed by atoms with van der Waals surface area (Å²) in [7, 11) is -1.94. The number of hydrogen-bond donors (Lipinski definition) is 0. The molecule has 1 aliphatic heterocycles. The van der Waals surface area contributed by atoms with Gasteiger partial charge in [-0.1, -0.05) is 17.7 Å². The zero-order chi connectivity index (χ0) is 19.8. The Balaban J connectivity index is 1.84. The maximum absolute atomic E-state index is 13.3. The van der Waals surface area contributed by atoms with Gasteiger partial charge in [-0.2, -0.15) is 4.31 Å². The van der Waals surface area contributed by atoms with Crippen molar-refractivity contribution in [2.75, 3.05) is 38.2 Å². The molecule has 0 spiro atoms. The minimum absolute atomic E-state index is 0.370. The van der Waals surface area contributed by atoms with Gasteiger partial charge in [0.05, 0.1) is 12.0 Å². The average molecular weight is 409 g/mol. The summed E-state index contributed by atoms with van der Waals surface area (Å²) in [6.45, 7) is 7.77. The van der Waals surface area contributed by atoms with Gasteiger partial charge in [0.15, 0.2) is 0 Å². The number of rotatable bonds is 4. The largest absolute Gasteiger partial charge is 0.496 e. The van der Waals surface area contributed by atoms with Crippen molar-refractivity contribution in [2.24, 2.45) is 0 Å². The summed E-state index contributed by atoms with van der Waals surface area (Å²) in [5, 5.41) is 0.683. The lowest BCUT2D eigenvalue weighted by Crippen LogP contribution is -2.48. The summed E-state index contributed by atoms with van der Waals surface area (Å²) in [5.74, 6) is 0.747. The van der Waals surface area contributed by atoms with Gasteiger partial charge in [0, 0.05) is 36.9 Å². The molecule has 146 valence electrons. The molecule has 27 heavy (non-hydrogen) atoms. The summed E-state index contributed by atoms with van der Waals surface area (Å²) < 4.78 is 33.5. The van der Waals surface area contributed by atoms with Crippen LogP contribution in [0.5, 0.6) is 5.75 Å². The second-order valence-corrected chi connectivity index (χ2v) is 9.19. The van der Waals surface area contributed by atoms with Crippen LogP contribution >= 0.6 is 11.6 Å². The van der Waals surface area contributed by atoms with Crippen molar-refractivity contribution in [3.05, 3.63) is 52.0 Å². The molecule has 3 rings (SSSR count). The standard InChI is InChI=1S/C20H25ClN2O3S/c1-14-12-19(15(2)16(3)20(14)26-4)27(24,25)23-10-8-22(9-11-23)18-7-5-6-17(21)13-18/h5-7,12-13H,8-11H2,1-4H3. The van der Waals surface area contributed by atoms with Crippen molar-refractivity contribution in [1.82, 2.24) is 4.31 Å². The SMILES string of the molecule is COc1c(C)cc(S(=O)(=O)N2CCN(c3cccc(Cl)c3)CC2)c(C)c1C. The first kappa shape index (κ1) is 20.0. The molecule has 1 saturated heterocycles. The number of aryl methyl sites for hydroxylation is 1. The Kier molecular flexibility index (Phi) is 5.70. The molecule has 2 aromatic carbocycles. The third kappa shape index (κ3) is 3.79. The fourth-order valence-electron chi connectivity index (χ4n) is 3.60. The number of halogens is 1. The van der Waals surface area contributed by atoms with Gasteiger partial charge in [-0.25, -0.2) is 8.42 Å². The summed E-state index contributed by atoms with van der Waals surface area (Å²) in [6, 6.07) is 9.37. The van der Waals surface area contributed by atoms with E-state index >= 15 is 0 Å². The third-order valence-corrected chi connectivity index (χ3v) is 7.47. The molecule has 1 aliphatic rings. The van der Waals surface area contributed by atoms with Crippen LogP contribution in [0.25, 0.3) is 0 Å². The van der Waals surface area contributed by atoms with Crippen LogP contribution in [0, 0.1) is 20.8 Å². The van der Waals surface area contributed by atoms with Crippen LogP contribution in [0.15, 0.2) is 35.2 Å². The monoisotopic (exact) mass is 408 g/mol. The molecule has 0 N–H and O–H groups in total. The molecule has 0 bridgehead atoms. The number of piperazine rings is 1. The van der Waals surface area contributed by atoms with E-state index in [4.69, 9.17) is 16.3 Å². The van der Waals surface area contributed by atoms with Crippen LogP contribution in [0.2, 0.25) is 5.02 Å². The van der Waals surface area contributed by atoms with Crippen LogP contribution in [-0.4, -0.2) is 46.0 Å². The van der Waals surface area contributed by atoms with Crippen molar-refractivity contribution in [1.29, 1.82) is 0 Å². The average Bonchev–Trinajstić information content (AvgIpc) is 2.65. The molecule has 0 aromatic heterocycles. The molecule has 1 heterocycles. The lowest BCUT2D eigenvalue weighted by atomic mass is 10.1. The molecule has 0 atom stereocenters. The van der Waals surface area contributed by atoms with E-state index in [9.17, 15) is 8.42 Å². The summed E-state index contributed by atoms with van der Waals surface area (Å²) in [5.41, 5.74) is 3.46. The van der Waals surface area contributed by atoms with Crippen molar-refractivity contribution < 1.29 is 13.2 Å². The Labute approximate surface area is 166 Å². The smallest absolute Gasteiger partial charge is 0.243 e. The molecule has 2 aromatic rings. The van der Waals surface area contributed by atoms with E-state index in [0.717, 1.165) is 28.1 Å². The predicted molar refractivity (Wildman–Crippen MR) is 110 cm³/mol. The molecule has 1 fully saturated rings. The molecule has 0 amide bonds. The molecular formula is C20H25ClN2O3S.